The van der Waals surface area contributed by atoms with Gasteiger partial charge in [-0.3, -0.25) is 9.59 Å². The first-order valence-electron chi connectivity index (χ1n) is 9.36. The van der Waals surface area contributed by atoms with E-state index in [1.54, 1.807) is 36.4 Å². The van der Waals surface area contributed by atoms with Crippen molar-refractivity contribution < 1.29 is 14.3 Å². The lowest BCUT2D eigenvalue weighted by Crippen LogP contribution is -2.25. The highest BCUT2D eigenvalue weighted by Crippen LogP contribution is 2.26. The Labute approximate surface area is 177 Å². The lowest BCUT2D eigenvalue weighted by Gasteiger charge is -2.13. The van der Waals surface area contributed by atoms with E-state index in [2.05, 4.69) is 20.3 Å². The van der Waals surface area contributed by atoms with Gasteiger partial charge < -0.3 is 15.8 Å². The van der Waals surface area contributed by atoms with E-state index in [0.29, 0.717) is 40.3 Å². The van der Waals surface area contributed by atoms with Crippen LogP contribution in [0.4, 0.5) is 5.82 Å². The van der Waals surface area contributed by atoms with E-state index in [0.717, 1.165) is 12.8 Å². The molecule has 1 fully saturated rings. The number of ether oxygens (including phenoxy) is 1. The van der Waals surface area contributed by atoms with Crippen LogP contribution >= 0.6 is 11.6 Å². The van der Waals surface area contributed by atoms with Gasteiger partial charge in [-0.05, 0) is 43.2 Å². The second kappa shape index (κ2) is 8.46. The molecule has 3 aromatic rings. The molecule has 8 nitrogen and oxygen atoms in total. The summed E-state index contributed by atoms with van der Waals surface area (Å²) in [6, 6.07) is 11.5. The molecule has 1 saturated carbocycles. The van der Waals surface area contributed by atoms with Crippen molar-refractivity contribution in [1.29, 1.82) is 0 Å². The average molecular weight is 424 g/mol. The fourth-order valence-corrected chi connectivity index (χ4v) is 3.25. The van der Waals surface area contributed by atoms with Crippen LogP contribution in [0, 0.1) is 0 Å². The van der Waals surface area contributed by atoms with Crippen LogP contribution in [0.15, 0.2) is 48.7 Å². The number of primary amides is 1. The highest BCUT2D eigenvalue weighted by molar-refractivity contribution is 6.30. The predicted octanol–water partition coefficient (Wildman–Crippen LogP) is 3.62. The Morgan fingerprint density at radius 2 is 1.97 bits per heavy atom. The first kappa shape index (κ1) is 19.8. The zero-order chi connectivity index (χ0) is 21.1. The number of rotatable bonds is 6. The number of nitrogens with zero attached hydrogens (tertiary/aromatic N) is 3. The minimum atomic E-state index is -0.673. The Hall–Kier alpha value is -3.52. The molecular formula is C21H18ClN5O3. The number of benzene rings is 1. The third-order valence-electron chi connectivity index (χ3n) is 4.64. The molecule has 1 aromatic carbocycles. The summed E-state index contributed by atoms with van der Waals surface area (Å²) in [5.41, 5.74) is 6.16. The van der Waals surface area contributed by atoms with E-state index >= 15 is 0 Å². The molecule has 2 heterocycles. The van der Waals surface area contributed by atoms with E-state index in [4.69, 9.17) is 22.1 Å². The molecule has 3 N–H and O–H groups in total. The maximum Gasteiger partial charge on any atom is 0.267 e. The van der Waals surface area contributed by atoms with Crippen LogP contribution in [0.5, 0.6) is 11.6 Å². The number of carbonyl (C=O) groups is 2. The van der Waals surface area contributed by atoms with Crippen molar-refractivity contribution in [3.05, 3.63) is 59.4 Å². The summed E-state index contributed by atoms with van der Waals surface area (Å²) < 4.78 is 5.68. The summed E-state index contributed by atoms with van der Waals surface area (Å²) in [6.45, 7) is 0. The maximum atomic E-state index is 11.9. The average Bonchev–Trinajstić information content (AvgIpc) is 3.14. The maximum absolute atomic E-state index is 11.9. The molecule has 0 saturated heterocycles. The molecule has 1 aliphatic carbocycles. The molecule has 0 spiro atoms. The van der Waals surface area contributed by atoms with Gasteiger partial charge in [0, 0.05) is 30.3 Å². The molecule has 30 heavy (non-hydrogen) atoms. The lowest BCUT2D eigenvalue weighted by molar-refractivity contribution is -0.118. The summed E-state index contributed by atoms with van der Waals surface area (Å²) in [7, 11) is 0. The zero-order valence-corrected chi connectivity index (χ0v) is 16.6. The van der Waals surface area contributed by atoms with E-state index in [1.807, 2.05) is 0 Å². The van der Waals surface area contributed by atoms with Crippen LogP contribution in [0.2, 0.25) is 5.02 Å². The largest absolute Gasteiger partial charge is 0.439 e. The van der Waals surface area contributed by atoms with Crippen LogP contribution in [0.3, 0.4) is 0 Å². The number of nitrogens with two attached hydrogens (primary N) is 1. The molecule has 152 valence electrons. The summed E-state index contributed by atoms with van der Waals surface area (Å²) in [5, 5.41) is 3.61. The van der Waals surface area contributed by atoms with Crippen LogP contribution in [-0.4, -0.2) is 32.7 Å². The van der Waals surface area contributed by atoms with E-state index in [1.165, 1.54) is 12.3 Å². The molecule has 9 heteroatoms. The Kier molecular flexibility index (Phi) is 5.58. The van der Waals surface area contributed by atoms with Gasteiger partial charge in [-0.1, -0.05) is 11.6 Å². The van der Waals surface area contributed by atoms with Crippen LogP contribution in [-0.2, 0) is 4.79 Å². The van der Waals surface area contributed by atoms with Crippen molar-refractivity contribution in [2.45, 2.75) is 25.3 Å². The van der Waals surface area contributed by atoms with Gasteiger partial charge in [0.05, 0.1) is 11.1 Å². The molecule has 1 atom stereocenters. The number of nitrogens with one attached hydrogen (secondary N) is 1. The van der Waals surface area contributed by atoms with Crippen molar-refractivity contribution in [3.8, 4) is 23.0 Å². The molecular weight excluding hydrogens is 406 g/mol. The van der Waals surface area contributed by atoms with Gasteiger partial charge in [-0.15, -0.1) is 0 Å². The third-order valence-corrected chi connectivity index (χ3v) is 4.86. The van der Waals surface area contributed by atoms with E-state index < -0.39 is 5.91 Å². The van der Waals surface area contributed by atoms with Crippen LogP contribution in [0.25, 0.3) is 11.4 Å². The number of Topliss-reactive ketones (excluding diaryl/α,β-unsaturated/α-hetero) is 1. The number of ketones is 1. The quantitative estimate of drug-likeness (QED) is 0.621. The van der Waals surface area contributed by atoms with Gasteiger partial charge in [0.2, 0.25) is 5.88 Å². The van der Waals surface area contributed by atoms with Crippen molar-refractivity contribution in [3.63, 3.8) is 0 Å². The van der Waals surface area contributed by atoms with E-state index in [9.17, 15) is 9.59 Å². The number of hydrogen-bond acceptors (Lipinski definition) is 7. The van der Waals surface area contributed by atoms with Gasteiger partial charge in [-0.2, -0.15) is 0 Å². The number of carbonyl (C=O) groups excluding carboxylic acids is 2. The second-order valence-electron chi connectivity index (χ2n) is 6.82. The SMILES string of the molecule is NC(=O)c1cc(NC2CCCC2=O)nc(-c2ccc(Oc3ccc(Cl)cn3)cc2)n1. The second-order valence-corrected chi connectivity index (χ2v) is 7.26. The first-order valence-corrected chi connectivity index (χ1v) is 9.74. The van der Waals surface area contributed by atoms with Crippen molar-refractivity contribution in [2.75, 3.05) is 5.32 Å². The van der Waals surface area contributed by atoms with Gasteiger partial charge in [0.1, 0.15) is 17.3 Å². The summed E-state index contributed by atoms with van der Waals surface area (Å²) in [6.07, 6.45) is 3.61. The Balaban J connectivity index is 1.58. The fraction of sp³-hybridized carbons (Fsp3) is 0.190. The zero-order valence-electron chi connectivity index (χ0n) is 15.8. The van der Waals surface area contributed by atoms with Crippen molar-refractivity contribution in [1.82, 2.24) is 15.0 Å². The van der Waals surface area contributed by atoms with Crippen LogP contribution in [0.1, 0.15) is 29.8 Å². The molecule has 0 aliphatic heterocycles. The molecule has 4 rings (SSSR count). The summed E-state index contributed by atoms with van der Waals surface area (Å²) >= 11 is 5.82. The van der Waals surface area contributed by atoms with Gasteiger partial charge in [-0.25, -0.2) is 15.0 Å². The number of anilines is 1. The number of aromatic nitrogens is 3. The van der Waals surface area contributed by atoms with Gasteiger partial charge in [0.25, 0.3) is 5.91 Å². The van der Waals surface area contributed by atoms with E-state index in [-0.39, 0.29) is 17.5 Å². The third kappa shape index (κ3) is 4.55. The molecule has 1 unspecified atom stereocenters. The highest BCUT2D eigenvalue weighted by Gasteiger charge is 2.25. The first-order chi connectivity index (χ1) is 14.5. The standard InChI is InChI=1S/C21H18ClN5O3/c22-13-6-9-19(24-11-13)30-14-7-4-12(5-8-14)21-26-16(20(23)29)10-18(27-21)25-15-2-1-3-17(15)28/h4-11,15H,1-3H2,(H2,23,29)(H,25,26,27). The minimum absolute atomic E-state index is 0.0682. The molecule has 0 radical (unpaired) electrons. The fourth-order valence-electron chi connectivity index (χ4n) is 3.14. The van der Waals surface area contributed by atoms with Crippen molar-refractivity contribution >= 4 is 29.1 Å². The summed E-state index contributed by atoms with van der Waals surface area (Å²) in [5.74, 6) is 1.14. The molecule has 2 aromatic heterocycles. The highest BCUT2D eigenvalue weighted by atomic mass is 35.5. The predicted molar refractivity (Wildman–Crippen MR) is 112 cm³/mol. The van der Waals surface area contributed by atoms with Gasteiger partial charge >= 0.3 is 0 Å². The monoisotopic (exact) mass is 423 g/mol. The number of halogens is 1. The Morgan fingerprint density at radius 1 is 1.17 bits per heavy atom. The minimum Gasteiger partial charge on any atom is -0.439 e. The smallest absolute Gasteiger partial charge is 0.267 e. The van der Waals surface area contributed by atoms with Crippen LogP contribution < -0.4 is 15.8 Å². The molecule has 1 aliphatic rings. The van der Waals surface area contributed by atoms with Crippen molar-refractivity contribution in [2.24, 2.45) is 5.73 Å². The Morgan fingerprint density at radius 3 is 2.60 bits per heavy atom. The number of hydrogen-bond donors (Lipinski definition) is 2. The molecule has 0 bridgehead atoms. The molecule has 1 amide bonds. The lowest BCUT2D eigenvalue weighted by atomic mass is 10.2. The summed E-state index contributed by atoms with van der Waals surface area (Å²) in [4.78, 5) is 36.4. The number of amides is 1. The number of pyridine rings is 1. The van der Waals surface area contributed by atoms with Gasteiger partial charge in [0.15, 0.2) is 11.6 Å². The topological polar surface area (TPSA) is 120 Å². The Bertz CT molecular complexity index is 1090. The normalized spacial score (nSPS) is 15.8.